The Kier molecular flexibility index (Phi) is 9.12. The van der Waals surface area contributed by atoms with E-state index in [1.807, 2.05) is 46.2 Å². The number of anilines is 4. The molecule has 0 spiro atoms. The number of rotatable bonds is 10. The zero-order chi connectivity index (χ0) is 33.0. The molecule has 0 aromatic carbocycles. The Bertz CT molecular complexity index is 1620. The Hall–Kier alpha value is -5.14. The maximum absolute atomic E-state index is 13.2. The number of nitrogens with one attached hydrogen (secondary N) is 2. The maximum atomic E-state index is 13.2. The summed E-state index contributed by atoms with van der Waals surface area (Å²) < 4.78 is 26.5. The Morgan fingerprint density at radius 2 is 1.12 bits per heavy atom. The Balaban J connectivity index is 0.891. The van der Waals surface area contributed by atoms with Gasteiger partial charge in [0.15, 0.2) is 11.6 Å². The number of alkyl halides is 2. The first-order chi connectivity index (χ1) is 23.3. The van der Waals surface area contributed by atoms with Crippen molar-refractivity contribution < 1.29 is 18.4 Å². The van der Waals surface area contributed by atoms with Crippen LogP contribution >= 0.6 is 0 Å². The number of carbonyl (C=O) groups is 2. The molecule has 2 atom stereocenters. The molecule has 2 aliphatic heterocycles. The van der Waals surface area contributed by atoms with Crippen molar-refractivity contribution in [1.29, 1.82) is 0 Å². The lowest BCUT2D eigenvalue weighted by atomic mass is 9.78. The van der Waals surface area contributed by atoms with Gasteiger partial charge in [0.1, 0.15) is 12.3 Å². The van der Waals surface area contributed by atoms with Crippen molar-refractivity contribution >= 4 is 34.8 Å². The topological polar surface area (TPSA) is 142 Å². The Morgan fingerprint density at radius 3 is 1.52 bits per heavy atom. The third-order valence-electron chi connectivity index (χ3n) is 9.10. The molecule has 3 aliphatic rings. The van der Waals surface area contributed by atoms with Gasteiger partial charge in [-0.05, 0) is 67.8 Å². The van der Waals surface area contributed by atoms with Gasteiger partial charge in [0.25, 0.3) is 0 Å². The van der Waals surface area contributed by atoms with E-state index in [-0.39, 0.29) is 36.5 Å². The first-order valence-corrected chi connectivity index (χ1v) is 16.3. The van der Waals surface area contributed by atoms with Gasteiger partial charge in [-0.25, -0.2) is 8.78 Å². The molecule has 14 heteroatoms. The molecule has 1 aliphatic carbocycles. The minimum Gasteiger partial charge on any atom is -0.365 e. The van der Waals surface area contributed by atoms with Crippen molar-refractivity contribution in [1.82, 2.24) is 30.4 Å². The van der Waals surface area contributed by atoms with Crippen LogP contribution in [0, 0.1) is 0 Å². The van der Waals surface area contributed by atoms with Crippen molar-refractivity contribution in [3.8, 4) is 0 Å². The average molecular weight is 655 g/mol. The summed E-state index contributed by atoms with van der Waals surface area (Å²) in [5.41, 5.74) is 4.64. The highest BCUT2D eigenvalue weighted by Crippen LogP contribution is 2.40. The fourth-order valence-electron chi connectivity index (χ4n) is 6.47. The van der Waals surface area contributed by atoms with Gasteiger partial charge in [-0.1, -0.05) is 6.42 Å². The van der Waals surface area contributed by atoms with E-state index >= 15 is 0 Å². The number of halogens is 2. The third-order valence-corrected chi connectivity index (χ3v) is 9.10. The molecule has 7 rings (SSSR count). The highest BCUT2D eigenvalue weighted by atomic mass is 19.1. The van der Waals surface area contributed by atoms with Gasteiger partial charge in [-0.15, -0.1) is 10.2 Å². The second-order valence-electron chi connectivity index (χ2n) is 12.7. The Morgan fingerprint density at radius 1 is 0.667 bits per heavy atom. The number of nitrogens with zero attached hydrogens (tertiary/aromatic N) is 8. The second kappa shape index (κ2) is 13.9. The fourth-order valence-corrected chi connectivity index (χ4v) is 6.47. The van der Waals surface area contributed by atoms with Crippen LogP contribution in [0.3, 0.4) is 0 Å². The lowest BCUT2D eigenvalue weighted by molar-refractivity contribution is -0.116. The number of carbonyl (C=O) groups excluding carboxylic acids is 2. The van der Waals surface area contributed by atoms with Gasteiger partial charge >= 0.3 is 0 Å². The van der Waals surface area contributed by atoms with Crippen LogP contribution in [0.25, 0.3) is 0 Å². The lowest BCUT2D eigenvalue weighted by Crippen LogP contribution is -2.48. The lowest BCUT2D eigenvalue weighted by Gasteiger charge is -2.36. The molecule has 0 radical (unpaired) electrons. The highest BCUT2D eigenvalue weighted by Gasteiger charge is 2.29. The number of aromatic nitrogens is 6. The smallest absolute Gasteiger partial charge is 0.231 e. The molecule has 2 N–H and O–H groups in total. The van der Waals surface area contributed by atoms with E-state index in [2.05, 4.69) is 41.0 Å². The van der Waals surface area contributed by atoms with E-state index in [1.54, 1.807) is 24.5 Å². The van der Waals surface area contributed by atoms with E-state index < -0.39 is 12.3 Å². The van der Waals surface area contributed by atoms with Crippen LogP contribution in [0.4, 0.5) is 31.8 Å². The zero-order valence-corrected chi connectivity index (χ0v) is 26.3. The first-order valence-electron chi connectivity index (χ1n) is 16.3. The van der Waals surface area contributed by atoms with Gasteiger partial charge in [0.2, 0.25) is 11.8 Å². The van der Waals surface area contributed by atoms with Crippen molar-refractivity contribution in [2.24, 2.45) is 0 Å². The SMILES string of the molecule is O=C(Cc1cc(N2CC(F)C2)ccn1)Nc1ccc([C@H]2CCC[C@H](c3ccc(NC(=O)Cc4cc(N5CC(F)C5)ccn4)nn3)C2)nn1. The summed E-state index contributed by atoms with van der Waals surface area (Å²) in [5.74, 6) is 0.608. The molecular formula is C34H36F2N10O2. The minimum atomic E-state index is -0.809. The second-order valence-corrected chi connectivity index (χ2v) is 12.7. The summed E-state index contributed by atoms with van der Waals surface area (Å²) in [7, 11) is 0. The van der Waals surface area contributed by atoms with E-state index in [0.717, 1.165) is 48.4 Å². The van der Waals surface area contributed by atoms with Crippen molar-refractivity contribution in [2.45, 2.75) is 62.7 Å². The molecule has 4 aromatic heterocycles. The predicted molar refractivity (Wildman–Crippen MR) is 175 cm³/mol. The van der Waals surface area contributed by atoms with Crippen LogP contribution in [0.15, 0.2) is 60.9 Å². The number of hydrogen-bond acceptors (Lipinski definition) is 10. The number of amides is 2. The average Bonchev–Trinajstić information content (AvgIpc) is 3.06. The number of hydrogen-bond donors (Lipinski definition) is 2. The first kappa shape index (κ1) is 31.5. The standard InChI is InChI=1S/C34H36F2N10O2/c35-23-17-45(18-23)27-8-10-37-25(13-27)15-33(47)39-31-6-4-29(41-43-31)21-2-1-3-22(12-21)30-5-7-32(44-42-30)40-34(48)16-26-14-28(9-11-38-26)46-19-24(36)20-46/h4-11,13-14,21-24H,1-3,12,15-20H2,(H,39,43,47)(H,40,44,48)/t21-,22-/m0/s1. The van der Waals surface area contributed by atoms with E-state index in [0.29, 0.717) is 49.2 Å². The molecule has 48 heavy (non-hydrogen) atoms. The van der Waals surface area contributed by atoms with Gasteiger partial charge in [0, 0.05) is 35.6 Å². The number of pyridine rings is 2. The quantitative estimate of drug-likeness (QED) is 0.256. The molecule has 248 valence electrons. The predicted octanol–water partition coefficient (Wildman–Crippen LogP) is 4.18. The minimum absolute atomic E-state index is 0.0743. The van der Waals surface area contributed by atoms with Crippen LogP contribution in [-0.2, 0) is 22.4 Å². The van der Waals surface area contributed by atoms with Gasteiger partial charge in [0.05, 0.1) is 61.8 Å². The molecule has 1 saturated carbocycles. The van der Waals surface area contributed by atoms with E-state index in [9.17, 15) is 18.4 Å². The molecule has 0 unspecified atom stereocenters. The van der Waals surface area contributed by atoms with Crippen LogP contribution in [0.2, 0.25) is 0 Å². The third kappa shape index (κ3) is 7.53. The molecule has 4 aromatic rings. The summed E-state index contributed by atoms with van der Waals surface area (Å²) >= 11 is 0. The summed E-state index contributed by atoms with van der Waals surface area (Å²) in [6.07, 6.45) is 5.58. The fraction of sp³-hybridized carbons (Fsp3) is 0.412. The largest absolute Gasteiger partial charge is 0.365 e. The molecule has 2 amide bonds. The maximum Gasteiger partial charge on any atom is 0.231 e. The van der Waals surface area contributed by atoms with Gasteiger partial charge < -0.3 is 20.4 Å². The summed E-state index contributed by atoms with van der Waals surface area (Å²) in [5, 5.41) is 23.0. The van der Waals surface area contributed by atoms with Crippen LogP contribution in [-0.4, -0.2) is 80.7 Å². The molecule has 2 saturated heterocycles. The molecule has 6 heterocycles. The summed E-state index contributed by atoms with van der Waals surface area (Å²) in [4.78, 5) is 37.7. The Labute approximate surface area is 276 Å². The van der Waals surface area contributed by atoms with Crippen LogP contribution in [0.1, 0.15) is 60.3 Å². The molecular weight excluding hydrogens is 618 g/mol. The van der Waals surface area contributed by atoms with Crippen molar-refractivity contribution in [2.75, 3.05) is 46.6 Å². The summed E-state index contributed by atoms with van der Waals surface area (Å²) in [6, 6.07) is 14.6. The van der Waals surface area contributed by atoms with Crippen molar-refractivity contribution in [3.63, 3.8) is 0 Å². The van der Waals surface area contributed by atoms with Crippen molar-refractivity contribution in [3.05, 3.63) is 83.7 Å². The van der Waals surface area contributed by atoms with Crippen LogP contribution in [0.5, 0.6) is 0 Å². The molecule has 3 fully saturated rings. The van der Waals surface area contributed by atoms with E-state index in [4.69, 9.17) is 0 Å². The molecule has 12 nitrogen and oxygen atoms in total. The van der Waals surface area contributed by atoms with Gasteiger partial charge in [-0.3, -0.25) is 19.6 Å². The normalized spacial score (nSPS) is 19.7. The zero-order valence-electron chi connectivity index (χ0n) is 26.3. The van der Waals surface area contributed by atoms with E-state index in [1.165, 1.54) is 0 Å². The highest BCUT2D eigenvalue weighted by molar-refractivity contribution is 5.91. The van der Waals surface area contributed by atoms with Gasteiger partial charge in [-0.2, -0.15) is 10.2 Å². The monoisotopic (exact) mass is 654 g/mol. The molecule has 0 bridgehead atoms. The van der Waals surface area contributed by atoms with Crippen LogP contribution < -0.4 is 20.4 Å². The summed E-state index contributed by atoms with van der Waals surface area (Å²) in [6.45, 7) is 1.44.